The fourth-order valence-corrected chi connectivity index (χ4v) is 4.98. The minimum absolute atomic E-state index is 0.0314. The maximum absolute atomic E-state index is 12.9. The molecule has 1 saturated carbocycles. The number of hydrogen-bond acceptors (Lipinski definition) is 5. The molecule has 2 atom stereocenters. The van der Waals surface area contributed by atoms with Crippen LogP contribution in [0.4, 0.5) is 5.13 Å². The van der Waals surface area contributed by atoms with Gasteiger partial charge in [0.15, 0.2) is 5.13 Å². The summed E-state index contributed by atoms with van der Waals surface area (Å²) in [5.74, 6) is 0.915. The Morgan fingerprint density at radius 2 is 2.19 bits per heavy atom. The number of anilines is 1. The van der Waals surface area contributed by atoms with Gasteiger partial charge in [0.1, 0.15) is 5.75 Å². The summed E-state index contributed by atoms with van der Waals surface area (Å²) in [5.41, 5.74) is 0.892. The summed E-state index contributed by atoms with van der Waals surface area (Å²) in [7, 11) is 0. The van der Waals surface area contributed by atoms with Crippen molar-refractivity contribution in [2.24, 2.45) is 5.92 Å². The lowest BCUT2D eigenvalue weighted by atomic mass is 9.88. The lowest BCUT2D eigenvalue weighted by Gasteiger charge is -2.20. The highest BCUT2D eigenvalue weighted by Gasteiger charge is 2.28. The second-order valence-electron chi connectivity index (χ2n) is 6.74. The molecule has 1 fully saturated rings. The number of amides is 1. The average Bonchev–Trinajstić information content (AvgIpc) is 3.34. The van der Waals surface area contributed by atoms with Crippen molar-refractivity contribution >= 4 is 33.6 Å². The largest absolute Gasteiger partial charge is 0.610 e. The molecule has 2 aromatic rings. The second-order valence-corrected chi connectivity index (χ2v) is 9.16. The van der Waals surface area contributed by atoms with Crippen LogP contribution in [-0.4, -0.2) is 26.2 Å². The van der Waals surface area contributed by atoms with Crippen molar-refractivity contribution in [3.63, 3.8) is 0 Å². The third kappa shape index (κ3) is 5.05. The van der Waals surface area contributed by atoms with Gasteiger partial charge in [0.2, 0.25) is 10.9 Å². The minimum Gasteiger partial charge on any atom is -0.610 e. The van der Waals surface area contributed by atoms with Gasteiger partial charge in [-0.15, -0.1) is 11.3 Å². The third-order valence-corrected chi connectivity index (χ3v) is 6.98. The molecule has 26 heavy (non-hydrogen) atoms. The first-order valence-electron chi connectivity index (χ1n) is 9.22. The number of rotatable bonds is 8. The van der Waals surface area contributed by atoms with Crippen LogP contribution >= 0.6 is 11.3 Å². The monoisotopic (exact) mass is 391 g/mol. The third-order valence-electron chi connectivity index (χ3n) is 4.81. The molecule has 7 heteroatoms. The Kier molecular flexibility index (Phi) is 7.05. The number of pyridine rings is 1. The zero-order valence-corrected chi connectivity index (χ0v) is 16.7. The van der Waals surface area contributed by atoms with Gasteiger partial charge in [0, 0.05) is 35.0 Å². The topological polar surface area (TPSA) is 77.9 Å². The Morgan fingerprint density at radius 1 is 1.38 bits per heavy atom. The fraction of sp³-hybridized carbons (Fsp3) is 0.526. The van der Waals surface area contributed by atoms with Gasteiger partial charge in [-0.2, -0.15) is 0 Å². The van der Waals surface area contributed by atoms with Crippen molar-refractivity contribution in [3.05, 3.63) is 35.5 Å². The van der Waals surface area contributed by atoms with Gasteiger partial charge in [-0.3, -0.25) is 4.79 Å². The number of carbonyl (C=O) groups excluding carboxylic acids is 1. The molecule has 0 aromatic carbocycles. The Bertz CT molecular complexity index is 685. The van der Waals surface area contributed by atoms with E-state index in [-0.39, 0.29) is 11.8 Å². The molecule has 0 radical (unpaired) electrons. The van der Waals surface area contributed by atoms with Crippen LogP contribution in [0.25, 0.3) is 0 Å². The molecule has 0 saturated heterocycles. The molecule has 2 heterocycles. The highest BCUT2D eigenvalue weighted by Crippen LogP contribution is 2.35. The van der Waals surface area contributed by atoms with Crippen molar-refractivity contribution in [3.8, 4) is 0 Å². The Balaban J connectivity index is 1.76. The van der Waals surface area contributed by atoms with Crippen molar-refractivity contribution < 1.29 is 9.35 Å². The van der Waals surface area contributed by atoms with E-state index >= 15 is 0 Å². The van der Waals surface area contributed by atoms with Crippen molar-refractivity contribution in [2.45, 2.75) is 56.4 Å². The van der Waals surface area contributed by atoms with Crippen molar-refractivity contribution in [1.82, 2.24) is 9.97 Å². The summed E-state index contributed by atoms with van der Waals surface area (Å²) in [5, 5.41) is 6.00. The zero-order chi connectivity index (χ0) is 18.4. The van der Waals surface area contributed by atoms with E-state index in [0.717, 1.165) is 18.4 Å². The number of aromatic nitrogens is 2. The summed E-state index contributed by atoms with van der Waals surface area (Å²) in [4.78, 5) is 21.4. The molecule has 2 aromatic heterocycles. The quantitative estimate of drug-likeness (QED) is 0.678. The van der Waals surface area contributed by atoms with Gasteiger partial charge >= 0.3 is 0 Å². The first kappa shape index (κ1) is 19.3. The van der Waals surface area contributed by atoms with Crippen LogP contribution in [0.1, 0.15) is 56.9 Å². The van der Waals surface area contributed by atoms with Gasteiger partial charge < -0.3 is 9.87 Å². The second kappa shape index (κ2) is 9.48. The summed E-state index contributed by atoms with van der Waals surface area (Å²) in [6.45, 7) is 2.01. The number of thiazole rings is 1. The van der Waals surface area contributed by atoms with Gasteiger partial charge in [0.05, 0.1) is 5.92 Å². The fourth-order valence-electron chi connectivity index (χ4n) is 3.47. The standard InChI is InChI=1S/C19H25N3O2S2/c1-2-11-26(24)17-8-7-15(13-21-17)16(12-14-5-3-4-6-14)18(23)22-19-20-9-10-25-19/h7-10,13-14,16H,2-6,11-12H2,1H3,(H,20,22,23). The lowest BCUT2D eigenvalue weighted by Crippen LogP contribution is -2.23. The molecule has 0 aliphatic heterocycles. The van der Waals surface area contributed by atoms with Crippen LogP contribution in [0, 0.1) is 5.92 Å². The normalized spacial score (nSPS) is 17.2. The minimum atomic E-state index is -1.07. The molecule has 140 valence electrons. The smallest absolute Gasteiger partial charge is 0.244 e. The van der Waals surface area contributed by atoms with Crippen LogP contribution < -0.4 is 5.32 Å². The molecule has 1 aliphatic rings. The predicted molar refractivity (Wildman–Crippen MR) is 106 cm³/mol. The van der Waals surface area contributed by atoms with E-state index in [1.54, 1.807) is 18.5 Å². The van der Waals surface area contributed by atoms with Crippen LogP contribution in [0.3, 0.4) is 0 Å². The van der Waals surface area contributed by atoms with E-state index in [1.165, 1.54) is 37.0 Å². The molecular formula is C19H25N3O2S2. The summed E-state index contributed by atoms with van der Waals surface area (Å²) >= 11 is 0.354. The van der Waals surface area contributed by atoms with Gasteiger partial charge in [-0.25, -0.2) is 9.97 Å². The Hall–Kier alpha value is -1.44. The Morgan fingerprint density at radius 3 is 2.81 bits per heavy atom. The van der Waals surface area contributed by atoms with Crippen LogP contribution in [0.5, 0.6) is 0 Å². The Labute approximate surface area is 161 Å². The van der Waals surface area contributed by atoms with Gasteiger partial charge in [0.25, 0.3) is 0 Å². The van der Waals surface area contributed by atoms with Gasteiger partial charge in [-0.1, -0.05) is 32.6 Å². The van der Waals surface area contributed by atoms with Crippen molar-refractivity contribution in [2.75, 3.05) is 11.1 Å². The van der Waals surface area contributed by atoms with Crippen molar-refractivity contribution in [1.29, 1.82) is 0 Å². The highest BCUT2D eigenvalue weighted by molar-refractivity contribution is 7.91. The van der Waals surface area contributed by atoms with Gasteiger partial charge in [-0.05, 0) is 30.4 Å². The molecule has 1 aliphatic carbocycles. The maximum atomic E-state index is 12.9. The summed E-state index contributed by atoms with van der Waals surface area (Å²) in [6, 6.07) is 3.72. The molecule has 0 bridgehead atoms. The zero-order valence-electron chi connectivity index (χ0n) is 15.0. The first-order chi connectivity index (χ1) is 12.7. The molecule has 5 nitrogen and oxygen atoms in total. The number of carbonyl (C=O) groups is 1. The first-order valence-corrected chi connectivity index (χ1v) is 11.4. The average molecular weight is 392 g/mol. The van der Waals surface area contributed by atoms with Crippen LogP contribution in [0.2, 0.25) is 0 Å². The molecular weight excluding hydrogens is 366 g/mol. The van der Waals surface area contributed by atoms with E-state index in [1.807, 2.05) is 18.4 Å². The van der Waals surface area contributed by atoms with E-state index in [4.69, 9.17) is 0 Å². The van der Waals surface area contributed by atoms with Crippen LogP contribution in [-0.2, 0) is 16.0 Å². The van der Waals surface area contributed by atoms with Crippen LogP contribution in [0.15, 0.2) is 34.9 Å². The molecule has 1 N–H and O–H groups in total. The number of hydrogen-bond donors (Lipinski definition) is 1. The summed E-state index contributed by atoms with van der Waals surface area (Å²) < 4.78 is 12.1. The molecule has 2 unspecified atom stereocenters. The number of nitrogens with one attached hydrogen (secondary N) is 1. The van der Waals surface area contributed by atoms with E-state index in [9.17, 15) is 9.35 Å². The lowest BCUT2D eigenvalue weighted by molar-refractivity contribution is -0.118. The molecule has 3 rings (SSSR count). The van der Waals surface area contributed by atoms with E-state index in [2.05, 4.69) is 15.3 Å². The van der Waals surface area contributed by atoms with E-state index < -0.39 is 11.2 Å². The predicted octanol–water partition coefficient (Wildman–Crippen LogP) is 4.36. The maximum Gasteiger partial charge on any atom is 0.244 e. The van der Waals surface area contributed by atoms with E-state index in [0.29, 0.717) is 21.8 Å². The molecule has 0 spiro atoms. The highest BCUT2D eigenvalue weighted by atomic mass is 32.2. The SMILES string of the molecule is CCC[S+]([O-])c1ccc(C(CC2CCCC2)C(=O)Nc2nccs2)cn1. The molecule has 1 amide bonds. The summed E-state index contributed by atoms with van der Waals surface area (Å²) in [6.07, 6.45) is 9.97. The number of nitrogens with zero attached hydrogens (tertiary/aromatic N) is 2.